The normalized spacial score (nSPS) is 15.9. The summed E-state index contributed by atoms with van der Waals surface area (Å²) in [6.07, 6.45) is 0. The van der Waals surface area contributed by atoms with Crippen LogP contribution in [0.3, 0.4) is 0 Å². The average molecular weight is 330 g/mol. The number of carbonyl (C=O) groups is 2. The molecule has 1 aliphatic rings. The highest BCUT2D eigenvalue weighted by atomic mass is 35.5. The number of benzene rings is 1. The van der Waals surface area contributed by atoms with Crippen molar-refractivity contribution in [3.63, 3.8) is 0 Å². The fourth-order valence-electron chi connectivity index (χ4n) is 2.18. The Labute approximate surface area is 133 Å². The second-order valence-electron chi connectivity index (χ2n) is 4.80. The molecule has 1 aromatic rings. The van der Waals surface area contributed by atoms with Crippen LogP contribution in [0.1, 0.15) is 6.92 Å². The van der Waals surface area contributed by atoms with Crippen molar-refractivity contribution in [3.8, 4) is 0 Å². The van der Waals surface area contributed by atoms with Gasteiger partial charge in [0.05, 0.1) is 10.7 Å². The third-order valence-corrected chi connectivity index (χ3v) is 4.03. The van der Waals surface area contributed by atoms with Crippen LogP contribution in [-0.4, -0.2) is 54.3 Å². The lowest BCUT2D eigenvalue weighted by atomic mass is 10.3. The summed E-state index contributed by atoms with van der Waals surface area (Å²) in [5.74, 6) is -1.21. The van der Waals surface area contributed by atoms with E-state index < -0.39 is 11.8 Å². The largest absolute Gasteiger partial charge is 0.332 e. The van der Waals surface area contributed by atoms with Crippen molar-refractivity contribution in [1.82, 2.24) is 9.80 Å². The Hall–Kier alpha value is -1.30. The summed E-state index contributed by atoms with van der Waals surface area (Å²) in [5, 5.41) is 3.30. The molecule has 1 saturated heterocycles. The average Bonchev–Trinajstić information content (AvgIpc) is 2.49. The molecular formula is C14H17Cl2N3O2. The van der Waals surface area contributed by atoms with Gasteiger partial charge in [0.2, 0.25) is 0 Å². The molecule has 0 spiro atoms. The summed E-state index contributed by atoms with van der Waals surface area (Å²) in [6, 6.07) is 4.70. The highest BCUT2D eigenvalue weighted by Gasteiger charge is 2.25. The molecule has 2 amide bonds. The van der Waals surface area contributed by atoms with Gasteiger partial charge in [-0.2, -0.15) is 0 Å². The molecule has 0 atom stereocenters. The lowest BCUT2D eigenvalue weighted by Crippen LogP contribution is -2.51. The van der Waals surface area contributed by atoms with Crippen LogP contribution in [0.5, 0.6) is 0 Å². The molecule has 0 unspecified atom stereocenters. The summed E-state index contributed by atoms with van der Waals surface area (Å²) >= 11 is 11.8. The molecule has 7 heteroatoms. The fraction of sp³-hybridized carbons (Fsp3) is 0.429. The Balaban J connectivity index is 1.95. The van der Waals surface area contributed by atoms with Gasteiger partial charge in [0, 0.05) is 31.2 Å². The second-order valence-corrected chi connectivity index (χ2v) is 5.65. The molecule has 1 heterocycles. The molecule has 1 fully saturated rings. The summed E-state index contributed by atoms with van der Waals surface area (Å²) in [5.41, 5.74) is 0.381. The summed E-state index contributed by atoms with van der Waals surface area (Å²) in [6.45, 7) is 5.73. The van der Waals surface area contributed by atoms with E-state index in [9.17, 15) is 9.59 Å². The summed E-state index contributed by atoms with van der Waals surface area (Å²) < 4.78 is 0. The number of halogens is 2. The lowest BCUT2D eigenvalue weighted by molar-refractivity contribution is -0.144. The van der Waals surface area contributed by atoms with E-state index in [0.29, 0.717) is 28.8 Å². The van der Waals surface area contributed by atoms with E-state index in [-0.39, 0.29) is 0 Å². The van der Waals surface area contributed by atoms with Crippen LogP contribution in [0.15, 0.2) is 18.2 Å². The molecule has 1 aliphatic heterocycles. The Morgan fingerprint density at radius 2 is 1.86 bits per heavy atom. The monoisotopic (exact) mass is 329 g/mol. The molecule has 0 aliphatic carbocycles. The lowest BCUT2D eigenvalue weighted by Gasteiger charge is -2.33. The topological polar surface area (TPSA) is 52.7 Å². The van der Waals surface area contributed by atoms with Gasteiger partial charge in [-0.1, -0.05) is 30.1 Å². The number of likely N-dealkylation sites (N-methyl/N-ethyl adjacent to an activating group) is 1. The first-order chi connectivity index (χ1) is 10.0. The van der Waals surface area contributed by atoms with Gasteiger partial charge in [0.15, 0.2) is 0 Å². The molecule has 114 valence electrons. The molecule has 0 aromatic heterocycles. The van der Waals surface area contributed by atoms with Crippen LogP contribution in [-0.2, 0) is 9.59 Å². The zero-order valence-corrected chi connectivity index (χ0v) is 13.2. The maximum atomic E-state index is 12.1. The van der Waals surface area contributed by atoms with Gasteiger partial charge in [-0.25, -0.2) is 0 Å². The molecule has 0 radical (unpaired) electrons. The Morgan fingerprint density at radius 1 is 1.19 bits per heavy atom. The minimum atomic E-state index is -0.677. The minimum absolute atomic E-state index is 0.305. The first-order valence-electron chi connectivity index (χ1n) is 6.79. The fourth-order valence-corrected chi connectivity index (χ4v) is 2.63. The van der Waals surface area contributed by atoms with Crippen LogP contribution in [0.4, 0.5) is 5.69 Å². The number of amides is 2. The summed E-state index contributed by atoms with van der Waals surface area (Å²) in [4.78, 5) is 27.9. The van der Waals surface area contributed by atoms with Gasteiger partial charge < -0.3 is 15.1 Å². The van der Waals surface area contributed by atoms with Crippen molar-refractivity contribution in [2.24, 2.45) is 0 Å². The van der Waals surface area contributed by atoms with Crippen molar-refractivity contribution < 1.29 is 9.59 Å². The van der Waals surface area contributed by atoms with E-state index in [1.165, 1.54) is 6.07 Å². The van der Waals surface area contributed by atoms with E-state index in [0.717, 1.165) is 19.6 Å². The Bertz CT molecular complexity index is 543. The molecule has 1 aromatic carbocycles. The zero-order chi connectivity index (χ0) is 15.4. The van der Waals surface area contributed by atoms with Crippen molar-refractivity contribution in [2.75, 3.05) is 38.0 Å². The predicted molar refractivity (Wildman–Crippen MR) is 83.8 cm³/mol. The smallest absolute Gasteiger partial charge is 0.313 e. The van der Waals surface area contributed by atoms with Crippen LogP contribution >= 0.6 is 23.2 Å². The van der Waals surface area contributed by atoms with Gasteiger partial charge in [-0.15, -0.1) is 0 Å². The number of nitrogens with one attached hydrogen (secondary N) is 1. The van der Waals surface area contributed by atoms with Gasteiger partial charge in [0.25, 0.3) is 0 Å². The number of nitrogens with zero attached hydrogens (tertiary/aromatic N) is 2. The molecule has 5 nitrogen and oxygen atoms in total. The molecule has 21 heavy (non-hydrogen) atoms. The molecule has 0 bridgehead atoms. The van der Waals surface area contributed by atoms with E-state index in [4.69, 9.17) is 23.2 Å². The second kappa shape index (κ2) is 7.11. The highest BCUT2D eigenvalue weighted by molar-refractivity contribution is 6.42. The van der Waals surface area contributed by atoms with Crippen LogP contribution in [0.25, 0.3) is 0 Å². The van der Waals surface area contributed by atoms with Crippen molar-refractivity contribution in [2.45, 2.75) is 6.92 Å². The maximum absolute atomic E-state index is 12.1. The first kappa shape index (κ1) is 16.1. The molecular weight excluding hydrogens is 313 g/mol. The predicted octanol–water partition coefficient (Wildman–Crippen LogP) is 2.10. The standard InChI is InChI=1S/C14H17Cl2N3O2/c1-2-18-5-7-19(8-6-18)14(21)13(20)17-12-4-3-10(15)9-11(12)16/h3-4,9H,2,5-8H2,1H3,(H,17,20). The van der Waals surface area contributed by atoms with Gasteiger partial charge >= 0.3 is 11.8 Å². The molecule has 0 saturated carbocycles. The van der Waals surface area contributed by atoms with E-state index in [1.54, 1.807) is 17.0 Å². The van der Waals surface area contributed by atoms with Gasteiger partial charge in [-0.3, -0.25) is 9.59 Å². The Morgan fingerprint density at radius 3 is 2.43 bits per heavy atom. The van der Waals surface area contributed by atoms with E-state index >= 15 is 0 Å². The van der Waals surface area contributed by atoms with Crippen molar-refractivity contribution in [1.29, 1.82) is 0 Å². The highest BCUT2D eigenvalue weighted by Crippen LogP contribution is 2.25. The summed E-state index contributed by atoms with van der Waals surface area (Å²) in [7, 11) is 0. The van der Waals surface area contributed by atoms with Crippen LogP contribution < -0.4 is 5.32 Å². The van der Waals surface area contributed by atoms with Crippen molar-refractivity contribution >= 4 is 40.7 Å². The van der Waals surface area contributed by atoms with E-state index in [1.807, 2.05) is 0 Å². The number of hydrogen-bond donors (Lipinski definition) is 1. The number of rotatable bonds is 2. The maximum Gasteiger partial charge on any atom is 0.313 e. The van der Waals surface area contributed by atoms with Crippen LogP contribution in [0, 0.1) is 0 Å². The van der Waals surface area contributed by atoms with Gasteiger partial charge in [0.1, 0.15) is 0 Å². The minimum Gasteiger partial charge on any atom is -0.332 e. The third-order valence-electron chi connectivity index (χ3n) is 3.48. The quantitative estimate of drug-likeness (QED) is 0.845. The number of piperazine rings is 1. The number of anilines is 1. The third kappa shape index (κ3) is 4.09. The van der Waals surface area contributed by atoms with E-state index in [2.05, 4.69) is 17.1 Å². The molecule has 2 rings (SSSR count). The Kier molecular flexibility index (Phi) is 5.45. The van der Waals surface area contributed by atoms with Crippen LogP contribution in [0.2, 0.25) is 10.0 Å². The van der Waals surface area contributed by atoms with Gasteiger partial charge in [-0.05, 0) is 24.7 Å². The zero-order valence-electron chi connectivity index (χ0n) is 11.7. The molecule has 1 N–H and O–H groups in total. The first-order valence-corrected chi connectivity index (χ1v) is 7.54. The number of hydrogen-bond acceptors (Lipinski definition) is 3. The number of carbonyl (C=O) groups excluding carboxylic acids is 2. The van der Waals surface area contributed by atoms with Crippen molar-refractivity contribution in [3.05, 3.63) is 28.2 Å². The SMILES string of the molecule is CCN1CCN(C(=O)C(=O)Nc2ccc(Cl)cc2Cl)CC1.